The van der Waals surface area contributed by atoms with Crippen molar-refractivity contribution < 1.29 is 5.11 Å². The Morgan fingerprint density at radius 1 is 0.943 bits per heavy atom. The van der Waals surface area contributed by atoms with Crippen LogP contribution in [0.4, 0.5) is 11.4 Å². The number of aromatic hydroxyl groups is 1. The molecule has 1 aliphatic rings. The molecule has 0 fully saturated rings. The fourth-order valence-electron chi connectivity index (χ4n) is 4.09. The topological polar surface area (TPSA) is 48.2 Å². The molecule has 35 heavy (non-hydrogen) atoms. The first-order valence-corrected chi connectivity index (χ1v) is 12.8. The van der Waals surface area contributed by atoms with E-state index in [1.807, 2.05) is 42.5 Å². The van der Waals surface area contributed by atoms with Gasteiger partial charge in [-0.25, -0.2) is 0 Å². The largest absolute Gasteiger partial charge is 0.506 e. The Bertz CT molecular complexity index is 1440. The van der Waals surface area contributed by atoms with Crippen molar-refractivity contribution in [3.05, 3.63) is 121 Å². The molecular formula is C28H20Cl2IN3O. The number of para-hydroxylation sites is 1. The summed E-state index contributed by atoms with van der Waals surface area (Å²) in [7, 11) is 0. The van der Waals surface area contributed by atoms with Crippen LogP contribution in [0.25, 0.3) is 0 Å². The summed E-state index contributed by atoms with van der Waals surface area (Å²) >= 11 is 14.5. The molecule has 5 rings (SSSR count). The van der Waals surface area contributed by atoms with Gasteiger partial charge in [-0.1, -0.05) is 71.7 Å². The van der Waals surface area contributed by atoms with Gasteiger partial charge in [-0.15, -0.1) is 0 Å². The van der Waals surface area contributed by atoms with E-state index in [2.05, 4.69) is 69.0 Å². The lowest BCUT2D eigenvalue weighted by molar-refractivity contribution is 0.475. The summed E-state index contributed by atoms with van der Waals surface area (Å²) in [4.78, 5) is 4.55. The molecule has 0 aliphatic carbocycles. The van der Waals surface area contributed by atoms with Gasteiger partial charge in [-0.05, 0) is 76.2 Å². The Morgan fingerprint density at radius 2 is 1.71 bits per heavy atom. The van der Waals surface area contributed by atoms with E-state index in [1.165, 1.54) is 15.2 Å². The SMILES string of the molecule is Oc1c(Cl)cc(Cl)cc1C=Nc1cccc(C2=NN(c3ccccc3)C(c3ccccc3I)C2)c1. The predicted octanol–water partition coefficient (Wildman–Crippen LogP) is 8.41. The van der Waals surface area contributed by atoms with Gasteiger partial charge in [0, 0.05) is 26.8 Å². The summed E-state index contributed by atoms with van der Waals surface area (Å²) in [6.07, 6.45) is 2.33. The maximum absolute atomic E-state index is 10.2. The van der Waals surface area contributed by atoms with E-state index < -0.39 is 0 Å². The molecule has 0 radical (unpaired) electrons. The molecule has 0 saturated heterocycles. The Morgan fingerprint density at radius 3 is 2.51 bits per heavy atom. The van der Waals surface area contributed by atoms with Crippen LogP contribution in [0.15, 0.2) is 101 Å². The number of hydrogen-bond donors (Lipinski definition) is 1. The molecule has 1 heterocycles. The first kappa shape index (κ1) is 23.9. The molecule has 7 heteroatoms. The summed E-state index contributed by atoms with van der Waals surface area (Å²) < 4.78 is 1.21. The Balaban J connectivity index is 1.48. The number of aliphatic imine (C=N–C) groups is 1. The monoisotopic (exact) mass is 611 g/mol. The minimum Gasteiger partial charge on any atom is -0.506 e. The fraction of sp³-hybridized carbons (Fsp3) is 0.0714. The number of hydrogen-bond acceptors (Lipinski definition) is 4. The van der Waals surface area contributed by atoms with Crippen LogP contribution in [0.2, 0.25) is 10.0 Å². The van der Waals surface area contributed by atoms with Crippen LogP contribution in [-0.2, 0) is 0 Å². The zero-order valence-electron chi connectivity index (χ0n) is 18.4. The summed E-state index contributed by atoms with van der Waals surface area (Å²) in [5.41, 5.74) is 5.49. The van der Waals surface area contributed by atoms with Gasteiger partial charge >= 0.3 is 0 Å². The summed E-state index contributed by atoms with van der Waals surface area (Å²) in [5.74, 6) is -0.0463. The maximum Gasteiger partial charge on any atom is 0.143 e. The zero-order valence-corrected chi connectivity index (χ0v) is 22.1. The van der Waals surface area contributed by atoms with Crippen LogP contribution in [0, 0.1) is 3.57 Å². The van der Waals surface area contributed by atoms with Crippen molar-refractivity contribution in [3.63, 3.8) is 0 Å². The van der Waals surface area contributed by atoms with E-state index >= 15 is 0 Å². The third-order valence-electron chi connectivity index (χ3n) is 5.79. The molecule has 1 unspecified atom stereocenters. The van der Waals surface area contributed by atoms with Crippen molar-refractivity contribution in [1.29, 1.82) is 0 Å². The maximum atomic E-state index is 10.2. The summed E-state index contributed by atoms with van der Waals surface area (Å²) in [6.45, 7) is 0. The van der Waals surface area contributed by atoms with Crippen molar-refractivity contribution in [1.82, 2.24) is 0 Å². The number of phenols is 1. The highest BCUT2D eigenvalue weighted by molar-refractivity contribution is 14.1. The Hall–Kier alpha value is -2.87. The standard InChI is InChI=1S/C28H20Cl2IN3O/c29-20-13-19(28(35)24(30)15-20)17-32-21-8-6-7-18(14-21)26-16-27(23-11-4-5-12-25(23)31)34(33-26)22-9-2-1-3-10-22/h1-15,17,27,35H,16H2. The van der Waals surface area contributed by atoms with Gasteiger partial charge in [0.2, 0.25) is 0 Å². The smallest absolute Gasteiger partial charge is 0.143 e. The van der Waals surface area contributed by atoms with Gasteiger partial charge in [0.1, 0.15) is 5.75 Å². The molecule has 4 aromatic rings. The van der Waals surface area contributed by atoms with Gasteiger partial charge in [-0.2, -0.15) is 5.10 Å². The van der Waals surface area contributed by atoms with Crippen LogP contribution in [0.3, 0.4) is 0 Å². The number of nitrogens with zero attached hydrogens (tertiary/aromatic N) is 3. The van der Waals surface area contributed by atoms with Crippen LogP contribution >= 0.6 is 45.8 Å². The van der Waals surface area contributed by atoms with E-state index in [0.717, 1.165) is 29.1 Å². The second-order valence-electron chi connectivity index (χ2n) is 8.10. The van der Waals surface area contributed by atoms with Gasteiger partial charge in [-0.3, -0.25) is 10.0 Å². The van der Waals surface area contributed by atoms with Crippen molar-refractivity contribution in [3.8, 4) is 5.75 Å². The number of hydrazone groups is 1. The number of halogens is 3. The molecule has 1 N–H and O–H groups in total. The lowest BCUT2D eigenvalue weighted by atomic mass is 9.98. The van der Waals surface area contributed by atoms with Gasteiger partial charge < -0.3 is 5.11 Å². The molecule has 0 aromatic heterocycles. The number of benzene rings is 4. The molecule has 174 valence electrons. The average Bonchev–Trinajstić information content (AvgIpc) is 3.32. The molecule has 1 aliphatic heterocycles. The van der Waals surface area contributed by atoms with E-state index in [0.29, 0.717) is 10.6 Å². The normalized spacial score (nSPS) is 15.6. The molecule has 0 amide bonds. The number of phenolic OH excluding ortho intramolecular Hbond substituents is 1. The van der Waals surface area contributed by atoms with E-state index in [9.17, 15) is 5.11 Å². The Kier molecular flexibility index (Phi) is 7.09. The van der Waals surface area contributed by atoms with E-state index in [-0.39, 0.29) is 16.8 Å². The van der Waals surface area contributed by atoms with Gasteiger partial charge in [0.05, 0.1) is 28.2 Å². The van der Waals surface area contributed by atoms with E-state index in [4.69, 9.17) is 28.3 Å². The van der Waals surface area contributed by atoms with E-state index in [1.54, 1.807) is 12.3 Å². The van der Waals surface area contributed by atoms with Crippen LogP contribution in [-0.4, -0.2) is 17.0 Å². The highest BCUT2D eigenvalue weighted by Crippen LogP contribution is 2.38. The van der Waals surface area contributed by atoms with Gasteiger partial charge in [0.25, 0.3) is 0 Å². The quantitative estimate of drug-likeness (QED) is 0.182. The van der Waals surface area contributed by atoms with Crippen LogP contribution in [0.5, 0.6) is 5.75 Å². The van der Waals surface area contributed by atoms with Crippen molar-refractivity contribution in [2.24, 2.45) is 10.1 Å². The fourth-order valence-corrected chi connectivity index (χ4v) is 5.34. The van der Waals surface area contributed by atoms with Crippen molar-refractivity contribution in [2.75, 3.05) is 5.01 Å². The first-order chi connectivity index (χ1) is 17.0. The summed E-state index contributed by atoms with van der Waals surface area (Å²) in [6, 6.07) is 29.8. The minimum absolute atomic E-state index is 0.0463. The lowest BCUT2D eigenvalue weighted by Gasteiger charge is -2.24. The van der Waals surface area contributed by atoms with Crippen LogP contribution in [0.1, 0.15) is 29.2 Å². The number of anilines is 1. The third-order valence-corrected chi connectivity index (χ3v) is 7.27. The second-order valence-corrected chi connectivity index (χ2v) is 10.1. The van der Waals surface area contributed by atoms with Crippen molar-refractivity contribution >= 4 is 69.1 Å². The van der Waals surface area contributed by atoms with Gasteiger partial charge in [0.15, 0.2) is 0 Å². The first-order valence-electron chi connectivity index (χ1n) is 11.0. The highest BCUT2D eigenvalue weighted by Gasteiger charge is 2.31. The molecule has 0 saturated carbocycles. The zero-order chi connectivity index (χ0) is 24.4. The number of rotatable bonds is 5. The molecule has 0 spiro atoms. The predicted molar refractivity (Wildman–Crippen MR) is 154 cm³/mol. The minimum atomic E-state index is -0.0463. The second kappa shape index (κ2) is 10.4. The molecule has 4 aromatic carbocycles. The Labute approximate surface area is 227 Å². The van der Waals surface area contributed by atoms with Crippen molar-refractivity contribution in [2.45, 2.75) is 12.5 Å². The van der Waals surface area contributed by atoms with Crippen LogP contribution < -0.4 is 5.01 Å². The molecular weight excluding hydrogens is 592 g/mol. The third kappa shape index (κ3) is 5.22. The summed E-state index contributed by atoms with van der Waals surface area (Å²) in [5, 5.41) is 18.0. The average molecular weight is 612 g/mol. The molecule has 1 atom stereocenters. The lowest BCUT2D eigenvalue weighted by Crippen LogP contribution is -2.19. The molecule has 4 nitrogen and oxygen atoms in total. The highest BCUT2D eigenvalue weighted by atomic mass is 127. The molecule has 0 bridgehead atoms.